The van der Waals surface area contributed by atoms with Crippen LogP contribution in [0.15, 0.2) is 114 Å². The number of fused-ring (bicyclic) bond motifs is 1. The van der Waals surface area contributed by atoms with Crippen molar-refractivity contribution in [3.05, 3.63) is 136 Å². The van der Waals surface area contributed by atoms with Crippen LogP contribution in [0.2, 0.25) is 0 Å². The van der Waals surface area contributed by atoms with Crippen molar-refractivity contribution in [2.75, 3.05) is 0 Å². The van der Waals surface area contributed by atoms with Gasteiger partial charge in [0.1, 0.15) is 11.4 Å². The van der Waals surface area contributed by atoms with Gasteiger partial charge >= 0.3 is 0 Å². The van der Waals surface area contributed by atoms with Crippen LogP contribution in [0, 0.1) is 5.82 Å². The Morgan fingerprint density at radius 1 is 0.700 bits per heavy atom. The van der Waals surface area contributed by atoms with Gasteiger partial charge in [0, 0.05) is 6.07 Å². The van der Waals surface area contributed by atoms with Crippen LogP contribution in [0.3, 0.4) is 0 Å². The molecule has 0 unspecified atom stereocenters. The van der Waals surface area contributed by atoms with E-state index in [1.807, 2.05) is 60.9 Å². The van der Waals surface area contributed by atoms with Crippen LogP contribution < -0.4 is 0 Å². The fourth-order valence-electron chi connectivity index (χ4n) is 4.23. The molecular weight excluding hydrogens is 439 g/mol. The van der Waals surface area contributed by atoms with Gasteiger partial charge in [-0.1, -0.05) is 91.0 Å². The average molecular weight is 457 g/mol. The first-order valence-electron chi connectivity index (χ1n) is 9.70. The van der Waals surface area contributed by atoms with Crippen molar-refractivity contribution >= 4 is 27.0 Å². The van der Waals surface area contributed by atoms with E-state index in [2.05, 4.69) is 61.9 Å². The van der Waals surface area contributed by atoms with Crippen LogP contribution in [-0.4, -0.2) is 9.55 Å². The number of nitrogens with zero attached hydrogens (tertiary/aromatic N) is 2. The zero-order valence-corrected chi connectivity index (χ0v) is 17.6. The van der Waals surface area contributed by atoms with Crippen molar-refractivity contribution in [3.63, 3.8) is 0 Å². The highest BCUT2D eigenvalue weighted by molar-refractivity contribution is 9.10. The van der Waals surface area contributed by atoms with Gasteiger partial charge in [0.2, 0.25) is 0 Å². The summed E-state index contributed by atoms with van der Waals surface area (Å²) in [5.74, 6) is -0.313. The summed E-state index contributed by atoms with van der Waals surface area (Å²) in [6.07, 6.45) is 1.81. The predicted octanol–water partition coefficient (Wildman–Crippen LogP) is 6.78. The molecule has 0 saturated carbocycles. The molecule has 1 aromatic heterocycles. The Morgan fingerprint density at radius 3 is 1.63 bits per heavy atom. The Morgan fingerprint density at radius 2 is 1.17 bits per heavy atom. The van der Waals surface area contributed by atoms with E-state index < -0.39 is 5.54 Å². The summed E-state index contributed by atoms with van der Waals surface area (Å²) in [6.45, 7) is 0. The van der Waals surface area contributed by atoms with E-state index in [9.17, 15) is 4.39 Å². The monoisotopic (exact) mass is 456 g/mol. The molecule has 0 atom stereocenters. The van der Waals surface area contributed by atoms with Crippen molar-refractivity contribution < 1.29 is 4.39 Å². The van der Waals surface area contributed by atoms with E-state index in [-0.39, 0.29) is 5.82 Å². The van der Waals surface area contributed by atoms with Gasteiger partial charge in [0.05, 0.1) is 21.8 Å². The maximum atomic E-state index is 14.6. The minimum atomic E-state index is -0.710. The first-order chi connectivity index (χ1) is 14.7. The third-order valence-corrected chi connectivity index (χ3v) is 6.13. The van der Waals surface area contributed by atoms with Crippen LogP contribution in [0.25, 0.3) is 11.0 Å². The summed E-state index contributed by atoms with van der Waals surface area (Å²) in [5, 5.41) is 0. The summed E-state index contributed by atoms with van der Waals surface area (Å²) >= 11 is 3.29. The summed E-state index contributed by atoms with van der Waals surface area (Å²) in [4.78, 5) is 4.63. The van der Waals surface area contributed by atoms with E-state index in [1.165, 1.54) is 0 Å². The summed E-state index contributed by atoms with van der Waals surface area (Å²) in [6, 6.07) is 34.2. The lowest BCUT2D eigenvalue weighted by molar-refractivity contribution is 0.528. The van der Waals surface area contributed by atoms with Gasteiger partial charge in [-0.25, -0.2) is 9.37 Å². The van der Waals surface area contributed by atoms with Crippen LogP contribution in [0.1, 0.15) is 16.7 Å². The number of aromatic nitrogens is 2. The van der Waals surface area contributed by atoms with Gasteiger partial charge in [-0.15, -0.1) is 0 Å². The molecule has 146 valence electrons. The number of hydrogen-bond acceptors (Lipinski definition) is 1. The highest BCUT2D eigenvalue weighted by Crippen LogP contribution is 2.42. The molecule has 0 aliphatic heterocycles. The van der Waals surface area contributed by atoms with Gasteiger partial charge in [-0.05, 0) is 38.7 Å². The average Bonchev–Trinajstić information content (AvgIpc) is 3.20. The van der Waals surface area contributed by atoms with Crippen molar-refractivity contribution in [2.45, 2.75) is 5.54 Å². The number of imidazole rings is 1. The van der Waals surface area contributed by atoms with Crippen molar-refractivity contribution in [2.24, 2.45) is 0 Å². The third kappa shape index (κ3) is 2.87. The molecule has 30 heavy (non-hydrogen) atoms. The van der Waals surface area contributed by atoms with Crippen molar-refractivity contribution in [1.29, 1.82) is 0 Å². The van der Waals surface area contributed by atoms with Crippen LogP contribution >= 0.6 is 15.9 Å². The van der Waals surface area contributed by atoms with Gasteiger partial charge in [-0.3, -0.25) is 0 Å². The van der Waals surface area contributed by atoms with E-state index in [4.69, 9.17) is 0 Å². The third-order valence-electron chi connectivity index (χ3n) is 5.53. The molecular formula is C26H18BrFN2. The van der Waals surface area contributed by atoms with E-state index in [0.29, 0.717) is 4.47 Å². The van der Waals surface area contributed by atoms with E-state index in [0.717, 1.165) is 27.7 Å². The molecule has 0 aliphatic carbocycles. The number of rotatable bonds is 4. The molecule has 0 radical (unpaired) electrons. The largest absolute Gasteiger partial charge is 0.312 e. The second kappa shape index (κ2) is 7.54. The lowest BCUT2D eigenvalue weighted by Gasteiger charge is -2.38. The molecule has 5 aromatic rings. The molecule has 1 heterocycles. The molecule has 4 aromatic carbocycles. The Bertz CT molecular complexity index is 1200. The molecule has 0 fully saturated rings. The highest BCUT2D eigenvalue weighted by Gasteiger charge is 2.39. The molecule has 4 heteroatoms. The topological polar surface area (TPSA) is 17.8 Å². The van der Waals surface area contributed by atoms with Gasteiger partial charge in [0.25, 0.3) is 0 Å². The van der Waals surface area contributed by atoms with E-state index >= 15 is 0 Å². The fraction of sp³-hybridized carbons (Fsp3) is 0.0385. The van der Waals surface area contributed by atoms with Crippen molar-refractivity contribution in [3.8, 4) is 0 Å². The lowest BCUT2D eigenvalue weighted by Crippen LogP contribution is -2.37. The van der Waals surface area contributed by atoms with Crippen molar-refractivity contribution in [1.82, 2.24) is 9.55 Å². The smallest absolute Gasteiger partial charge is 0.139 e. The standard InChI is InChI=1S/C26H18BrFN2/c27-22-16-24-25(17-23(22)28)30(18-29-24)26(19-10-4-1-5-11-19,20-12-6-2-7-13-20)21-14-8-3-9-15-21/h1-18H. The summed E-state index contributed by atoms with van der Waals surface area (Å²) in [7, 11) is 0. The van der Waals surface area contributed by atoms with E-state index in [1.54, 1.807) is 12.1 Å². The lowest BCUT2D eigenvalue weighted by atomic mass is 9.76. The molecule has 5 rings (SSSR count). The molecule has 0 amide bonds. The minimum absolute atomic E-state index is 0.313. The summed E-state index contributed by atoms with van der Waals surface area (Å²) < 4.78 is 17.1. The van der Waals surface area contributed by atoms with Gasteiger partial charge in [0.15, 0.2) is 0 Å². The number of benzene rings is 4. The number of hydrogen-bond donors (Lipinski definition) is 0. The normalized spacial score (nSPS) is 11.7. The van der Waals surface area contributed by atoms with Crippen LogP contribution in [0.4, 0.5) is 4.39 Å². The molecule has 0 aliphatic rings. The second-order valence-electron chi connectivity index (χ2n) is 7.18. The number of halogens is 2. The molecule has 0 spiro atoms. The SMILES string of the molecule is Fc1cc2c(cc1Br)ncn2C(c1ccccc1)(c1ccccc1)c1ccccc1. The summed E-state index contributed by atoms with van der Waals surface area (Å²) in [5.41, 5.74) is 3.97. The quantitative estimate of drug-likeness (QED) is 0.272. The first kappa shape index (κ1) is 18.8. The van der Waals surface area contributed by atoms with Gasteiger partial charge < -0.3 is 4.57 Å². The molecule has 0 N–H and O–H groups in total. The second-order valence-corrected chi connectivity index (χ2v) is 8.03. The zero-order chi connectivity index (χ0) is 20.6. The molecule has 2 nitrogen and oxygen atoms in total. The Balaban J connectivity index is 1.96. The molecule has 0 saturated heterocycles. The Hall–Kier alpha value is -3.24. The zero-order valence-electron chi connectivity index (χ0n) is 16.0. The predicted molar refractivity (Wildman–Crippen MR) is 122 cm³/mol. The minimum Gasteiger partial charge on any atom is -0.312 e. The first-order valence-corrected chi connectivity index (χ1v) is 10.5. The van der Waals surface area contributed by atoms with Gasteiger partial charge in [-0.2, -0.15) is 0 Å². The Labute approximate surface area is 182 Å². The fourth-order valence-corrected chi connectivity index (χ4v) is 4.56. The Kier molecular flexibility index (Phi) is 4.72. The van der Waals surface area contributed by atoms with Crippen LogP contribution in [-0.2, 0) is 5.54 Å². The maximum absolute atomic E-state index is 14.6. The maximum Gasteiger partial charge on any atom is 0.139 e. The van der Waals surface area contributed by atoms with Crippen LogP contribution in [0.5, 0.6) is 0 Å². The highest BCUT2D eigenvalue weighted by atomic mass is 79.9. The molecule has 0 bridgehead atoms.